The third kappa shape index (κ3) is 1.87. The van der Waals surface area contributed by atoms with Crippen LogP contribution in [0.3, 0.4) is 0 Å². The Labute approximate surface area is 92.7 Å². The Balaban J connectivity index is 2.23. The molecule has 0 radical (unpaired) electrons. The fourth-order valence-corrected chi connectivity index (χ4v) is 2.72. The highest BCUT2D eigenvalue weighted by molar-refractivity contribution is 7.14. The lowest BCUT2D eigenvalue weighted by molar-refractivity contribution is 0.0644. The van der Waals surface area contributed by atoms with Crippen molar-refractivity contribution in [2.24, 2.45) is 0 Å². The third-order valence-electron chi connectivity index (χ3n) is 2.34. The maximum Gasteiger partial charge on any atom is 0.187 e. The van der Waals surface area contributed by atoms with E-state index in [0.717, 1.165) is 24.9 Å². The molecule has 2 heterocycles. The Morgan fingerprint density at radius 3 is 3.00 bits per heavy atom. The number of hydrogen-bond donors (Lipinski definition) is 0. The molecule has 2 rings (SSSR count). The number of morpholine rings is 1. The van der Waals surface area contributed by atoms with Crippen LogP contribution in [0, 0.1) is 0 Å². The Bertz CT molecular complexity index is 326. The summed E-state index contributed by atoms with van der Waals surface area (Å²) >= 11 is 7.40. The molecule has 0 amide bonds. The van der Waals surface area contributed by atoms with Crippen LogP contribution < -0.4 is 4.90 Å². The minimum absolute atomic E-state index is 0.0133. The van der Waals surface area contributed by atoms with Crippen molar-refractivity contribution >= 4 is 28.1 Å². The first-order valence-electron chi connectivity index (χ1n) is 4.56. The highest BCUT2D eigenvalue weighted by Crippen LogP contribution is 2.30. The lowest BCUT2D eigenvalue weighted by Gasteiger charge is -2.41. The summed E-state index contributed by atoms with van der Waals surface area (Å²) in [4.78, 5) is 6.54. The van der Waals surface area contributed by atoms with E-state index in [1.54, 1.807) is 11.3 Å². The summed E-state index contributed by atoms with van der Waals surface area (Å²) in [5.74, 6) is 0. The maximum absolute atomic E-state index is 5.81. The van der Waals surface area contributed by atoms with E-state index in [0.29, 0.717) is 5.15 Å². The van der Waals surface area contributed by atoms with Crippen LogP contribution >= 0.6 is 22.9 Å². The molecule has 78 valence electrons. The second-order valence-corrected chi connectivity index (χ2v) is 5.19. The molecular weight excluding hydrogens is 220 g/mol. The molecule has 14 heavy (non-hydrogen) atoms. The Hall–Kier alpha value is -0.320. The second-order valence-electron chi connectivity index (χ2n) is 3.97. The Morgan fingerprint density at radius 2 is 2.43 bits per heavy atom. The van der Waals surface area contributed by atoms with Crippen LogP contribution in [0.15, 0.2) is 5.38 Å². The predicted molar refractivity (Wildman–Crippen MR) is 59.4 cm³/mol. The lowest BCUT2D eigenvalue weighted by atomic mass is 10.0. The molecule has 1 aromatic rings. The van der Waals surface area contributed by atoms with Crippen LogP contribution in [0.4, 0.5) is 5.13 Å². The van der Waals surface area contributed by atoms with E-state index in [1.807, 2.05) is 5.38 Å². The topological polar surface area (TPSA) is 25.4 Å². The van der Waals surface area contributed by atoms with E-state index in [1.165, 1.54) is 0 Å². The molecule has 1 saturated heterocycles. The van der Waals surface area contributed by atoms with Crippen LogP contribution in [0.2, 0.25) is 5.15 Å². The zero-order valence-corrected chi connectivity index (χ0v) is 9.86. The van der Waals surface area contributed by atoms with E-state index in [4.69, 9.17) is 16.3 Å². The minimum atomic E-state index is 0.0133. The standard InChI is InChI=1S/C9H13ClN2OS/c1-9(2)6-13-4-3-12(9)8-11-7(10)5-14-8/h5H,3-4,6H2,1-2H3. The van der Waals surface area contributed by atoms with Crippen molar-refractivity contribution in [1.29, 1.82) is 0 Å². The van der Waals surface area contributed by atoms with Crippen LogP contribution in [-0.2, 0) is 4.74 Å². The van der Waals surface area contributed by atoms with Crippen molar-refractivity contribution in [2.45, 2.75) is 19.4 Å². The molecule has 5 heteroatoms. The van der Waals surface area contributed by atoms with Gasteiger partial charge in [-0.05, 0) is 13.8 Å². The van der Waals surface area contributed by atoms with Gasteiger partial charge in [-0.15, -0.1) is 11.3 Å². The first kappa shape index (κ1) is 10.2. The number of hydrogen-bond acceptors (Lipinski definition) is 4. The molecule has 1 aliphatic heterocycles. The van der Waals surface area contributed by atoms with Gasteiger partial charge in [0, 0.05) is 11.9 Å². The van der Waals surface area contributed by atoms with Crippen LogP contribution in [-0.4, -0.2) is 30.3 Å². The molecule has 0 unspecified atom stereocenters. The quantitative estimate of drug-likeness (QED) is 0.744. The van der Waals surface area contributed by atoms with Crippen molar-refractivity contribution in [1.82, 2.24) is 4.98 Å². The monoisotopic (exact) mass is 232 g/mol. The van der Waals surface area contributed by atoms with Gasteiger partial charge in [-0.25, -0.2) is 4.98 Å². The van der Waals surface area contributed by atoms with E-state index in [9.17, 15) is 0 Å². The number of nitrogens with zero attached hydrogens (tertiary/aromatic N) is 2. The van der Waals surface area contributed by atoms with Gasteiger partial charge in [-0.2, -0.15) is 0 Å². The molecular formula is C9H13ClN2OS. The largest absolute Gasteiger partial charge is 0.377 e. The summed E-state index contributed by atoms with van der Waals surface area (Å²) in [7, 11) is 0. The van der Waals surface area contributed by atoms with Gasteiger partial charge in [0.05, 0.1) is 18.8 Å². The fourth-order valence-electron chi connectivity index (χ4n) is 1.58. The van der Waals surface area contributed by atoms with Crippen molar-refractivity contribution in [3.63, 3.8) is 0 Å². The Morgan fingerprint density at radius 1 is 1.64 bits per heavy atom. The van der Waals surface area contributed by atoms with E-state index in [2.05, 4.69) is 23.7 Å². The van der Waals surface area contributed by atoms with E-state index >= 15 is 0 Å². The number of aromatic nitrogens is 1. The third-order valence-corrected chi connectivity index (χ3v) is 3.53. The Kier molecular flexibility index (Phi) is 2.68. The van der Waals surface area contributed by atoms with Gasteiger partial charge in [0.1, 0.15) is 5.15 Å². The number of thiazole rings is 1. The number of anilines is 1. The molecule has 0 N–H and O–H groups in total. The average Bonchev–Trinajstić information content (AvgIpc) is 2.51. The maximum atomic E-state index is 5.81. The van der Waals surface area contributed by atoms with E-state index < -0.39 is 0 Å². The van der Waals surface area contributed by atoms with Gasteiger partial charge < -0.3 is 9.64 Å². The highest BCUT2D eigenvalue weighted by Gasteiger charge is 2.32. The summed E-state index contributed by atoms with van der Waals surface area (Å²) < 4.78 is 5.45. The van der Waals surface area contributed by atoms with Crippen molar-refractivity contribution in [3.05, 3.63) is 10.5 Å². The van der Waals surface area contributed by atoms with Gasteiger partial charge in [0.2, 0.25) is 0 Å². The molecule has 0 aromatic carbocycles. The highest BCUT2D eigenvalue weighted by atomic mass is 35.5. The van der Waals surface area contributed by atoms with Gasteiger partial charge in [-0.1, -0.05) is 11.6 Å². The number of ether oxygens (including phenoxy) is 1. The van der Waals surface area contributed by atoms with Crippen molar-refractivity contribution < 1.29 is 4.74 Å². The summed E-state index contributed by atoms with van der Waals surface area (Å²) in [5.41, 5.74) is 0.0133. The van der Waals surface area contributed by atoms with Gasteiger partial charge in [-0.3, -0.25) is 0 Å². The molecule has 0 bridgehead atoms. The molecule has 0 spiro atoms. The van der Waals surface area contributed by atoms with Gasteiger partial charge >= 0.3 is 0 Å². The SMILES string of the molecule is CC1(C)COCCN1c1nc(Cl)cs1. The average molecular weight is 233 g/mol. The molecule has 1 fully saturated rings. The summed E-state index contributed by atoms with van der Waals surface area (Å²) in [6.45, 7) is 6.70. The first-order chi connectivity index (χ1) is 6.59. The molecule has 0 atom stereocenters. The predicted octanol–water partition coefficient (Wildman–Crippen LogP) is 2.41. The van der Waals surface area contributed by atoms with Gasteiger partial charge in [0.25, 0.3) is 0 Å². The lowest BCUT2D eigenvalue weighted by Crippen LogP contribution is -2.53. The van der Waals surface area contributed by atoms with Crippen LogP contribution in [0.1, 0.15) is 13.8 Å². The van der Waals surface area contributed by atoms with Crippen LogP contribution in [0.5, 0.6) is 0 Å². The number of halogens is 1. The smallest absolute Gasteiger partial charge is 0.187 e. The molecule has 0 saturated carbocycles. The van der Waals surface area contributed by atoms with Crippen molar-refractivity contribution in [3.8, 4) is 0 Å². The van der Waals surface area contributed by atoms with E-state index in [-0.39, 0.29) is 5.54 Å². The normalized spacial score (nSPS) is 21.2. The first-order valence-corrected chi connectivity index (χ1v) is 5.82. The summed E-state index contributed by atoms with van der Waals surface area (Å²) in [6.07, 6.45) is 0. The molecule has 1 aromatic heterocycles. The zero-order valence-electron chi connectivity index (χ0n) is 8.29. The molecule has 0 aliphatic carbocycles. The fraction of sp³-hybridized carbons (Fsp3) is 0.667. The zero-order chi connectivity index (χ0) is 10.2. The minimum Gasteiger partial charge on any atom is -0.377 e. The molecule has 3 nitrogen and oxygen atoms in total. The molecule has 1 aliphatic rings. The van der Waals surface area contributed by atoms with Gasteiger partial charge in [0.15, 0.2) is 5.13 Å². The van der Waals surface area contributed by atoms with Crippen molar-refractivity contribution in [2.75, 3.05) is 24.7 Å². The summed E-state index contributed by atoms with van der Waals surface area (Å²) in [5, 5.41) is 3.43. The van der Waals surface area contributed by atoms with Crippen LogP contribution in [0.25, 0.3) is 0 Å². The second kappa shape index (κ2) is 3.68. The number of rotatable bonds is 1. The summed E-state index contributed by atoms with van der Waals surface area (Å²) in [6, 6.07) is 0.